The van der Waals surface area contributed by atoms with Crippen molar-refractivity contribution in [2.45, 2.75) is 6.54 Å². The van der Waals surface area contributed by atoms with Gasteiger partial charge in [-0.1, -0.05) is 6.07 Å². The third kappa shape index (κ3) is 3.85. The number of benzene rings is 1. The fourth-order valence-corrected chi connectivity index (χ4v) is 1.91. The summed E-state index contributed by atoms with van der Waals surface area (Å²) in [5, 5.41) is 3.03. The third-order valence-corrected chi connectivity index (χ3v) is 3.04. The number of likely N-dealkylation sites (N-methyl/N-ethyl adjacent to an activating group) is 1. The zero-order chi connectivity index (χ0) is 14.4. The van der Waals surface area contributed by atoms with Crippen LogP contribution in [0.2, 0.25) is 0 Å². The predicted molar refractivity (Wildman–Crippen MR) is 73.8 cm³/mol. The summed E-state index contributed by atoms with van der Waals surface area (Å²) < 4.78 is 15.5. The normalized spacial score (nSPS) is 12.5. The Bertz CT molecular complexity index is 464. The maximum absolute atomic E-state index is 11.9. The Morgan fingerprint density at radius 2 is 2.20 bits per heavy atom. The van der Waals surface area contributed by atoms with Gasteiger partial charge in [-0.15, -0.1) is 0 Å². The summed E-state index contributed by atoms with van der Waals surface area (Å²) in [5.41, 5.74) is 1.02. The molecule has 20 heavy (non-hydrogen) atoms. The van der Waals surface area contributed by atoms with Crippen molar-refractivity contribution in [1.82, 2.24) is 10.2 Å². The summed E-state index contributed by atoms with van der Waals surface area (Å²) in [6.07, 6.45) is 0. The van der Waals surface area contributed by atoms with Gasteiger partial charge in [0, 0.05) is 27.2 Å². The Balaban J connectivity index is 1.81. The first-order chi connectivity index (χ1) is 9.70. The van der Waals surface area contributed by atoms with Crippen LogP contribution in [-0.2, 0) is 16.1 Å². The molecule has 1 aromatic carbocycles. The van der Waals surface area contributed by atoms with Gasteiger partial charge in [-0.05, 0) is 17.7 Å². The van der Waals surface area contributed by atoms with Crippen LogP contribution in [0.1, 0.15) is 5.56 Å². The largest absolute Gasteiger partial charge is 0.454 e. The molecule has 0 spiro atoms. The quantitative estimate of drug-likeness (QED) is 0.742. The number of hydrogen-bond donors (Lipinski definition) is 1. The summed E-state index contributed by atoms with van der Waals surface area (Å²) in [5.74, 6) is 1.53. The minimum absolute atomic E-state index is 0.0405. The lowest BCUT2D eigenvalue weighted by atomic mass is 10.2. The van der Waals surface area contributed by atoms with Crippen molar-refractivity contribution in [3.8, 4) is 11.5 Å². The number of hydrogen-bond acceptors (Lipinski definition) is 5. The molecule has 1 aliphatic rings. The summed E-state index contributed by atoms with van der Waals surface area (Å²) >= 11 is 0. The van der Waals surface area contributed by atoms with Crippen molar-refractivity contribution >= 4 is 5.91 Å². The summed E-state index contributed by atoms with van der Waals surface area (Å²) in [4.78, 5) is 13.6. The van der Waals surface area contributed by atoms with Gasteiger partial charge in [-0.25, -0.2) is 0 Å². The first-order valence-corrected chi connectivity index (χ1v) is 6.53. The number of methoxy groups -OCH3 is 1. The topological polar surface area (TPSA) is 60.0 Å². The molecule has 1 N–H and O–H groups in total. The molecule has 1 aromatic rings. The van der Waals surface area contributed by atoms with Gasteiger partial charge in [0.1, 0.15) is 0 Å². The van der Waals surface area contributed by atoms with Crippen LogP contribution in [0.4, 0.5) is 0 Å². The van der Waals surface area contributed by atoms with Gasteiger partial charge in [0.15, 0.2) is 11.5 Å². The van der Waals surface area contributed by atoms with E-state index in [0.29, 0.717) is 26.2 Å². The van der Waals surface area contributed by atoms with E-state index in [2.05, 4.69) is 5.32 Å². The third-order valence-electron chi connectivity index (χ3n) is 3.04. The average Bonchev–Trinajstić information content (AvgIpc) is 2.90. The fourth-order valence-electron chi connectivity index (χ4n) is 1.91. The molecule has 2 rings (SSSR count). The Kier molecular flexibility index (Phi) is 5.20. The highest BCUT2D eigenvalue weighted by atomic mass is 16.7. The number of nitrogens with one attached hydrogen (secondary N) is 1. The predicted octanol–water partition coefficient (Wildman–Crippen LogP) is 0.610. The minimum atomic E-state index is 0.0405. The van der Waals surface area contributed by atoms with Crippen LogP contribution in [-0.4, -0.2) is 51.5 Å². The molecule has 0 aromatic heterocycles. The molecule has 0 saturated heterocycles. The van der Waals surface area contributed by atoms with Crippen LogP contribution >= 0.6 is 0 Å². The highest BCUT2D eigenvalue weighted by Crippen LogP contribution is 2.32. The van der Waals surface area contributed by atoms with Crippen LogP contribution in [0.3, 0.4) is 0 Å². The van der Waals surface area contributed by atoms with Crippen molar-refractivity contribution in [2.24, 2.45) is 0 Å². The highest BCUT2D eigenvalue weighted by molar-refractivity contribution is 5.78. The van der Waals surface area contributed by atoms with E-state index in [1.165, 1.54) is 0 Å². The first-order valence-electron chi connectivity index (χ1n) is 6.53. The number of amides is 1. The molecule has 0 bridgehead atoms. The molecule has 1 heterocycles. The van der Waals surface area contributed by atoms with E-state index in [4.69, 9.17) is 14.2 Å². The Hall–Kier alpha value is -1.79. The summed E-state index contributed by atoms with van der Waals surface area (Å²) in [6.45, 7) is 2.38. The fraction of sp³-hybridized carbons (Fsp3) is 0.500. The maximum Gasteiger partial charge on any atom is 0.236 e. The van der Waals surface area contributed by atoms with Gasteiger partial charge in [0.05, 0.1) is 13.2 Å². The molecular formula is C14H20N2O4. The number of carbonyl (C=O) groups excluding carboxylic acids is 1. The highest BCUT2D eigenvalue weighted by Gasteiger charge is 2.15. The molecule has 6 heteroatoms. The molecule has 0 radical (unpaired) electrons. The molecule has 0 saturated carbocycles. The molecular weight excluding hydrogens is 260 g/mol. The number of ether oxygens (including phenoxy) is 3. The van der Waals surface area contributed by atoms with Crippen LogP contribution in [0, 0.1) is 0 Å². The smallest absolute Gasteiger partial charge is 0.236 e. The van der Waals surface area contributed by atoms with E-state index in [1.54, 1.807) is 19.1 Å². The van der Waals surface area contributed by atoms with Gasteiger partial charge in [-0.3, -0.25) is 4.79 Å². The van der Waals surface area contributed by atoms with E-state index in [1.807, 2.05) is 18.2 Å². The number of fused-ring (bicyclic) bond motifs is 1. The lowest BCUT2D eigenvalue weighted by Crippen LogP contribution is -2.36. The lowest BCUT2D eigenvalue weighted by Gasteiger charge is -2.17. The summed E-state index contributed by atoms with van der Waals surface area (Å²) in [6, 6.07) is 5.72. The van der Waals surface area contributed by atoms with E-state index < -0.39 is 0 Å². The number of nitrogens with zero attached hydrogens (tertiary/aromatic N) is 1. The minimum Gasteiger partial charge on any atom is -0.454 e. The van der Waals surface area contributed by atoms with Crippen LogP contribution in [0.25, 0.3) is 0 Å². The number of carbonyl (C=O) groups is 1. The molecule has 6 nitrogen and oxygen atoms in total. The van der Waals surface area contributed by atoms with Gasteiger partial charge in [0.2, 0.25) is 12.7 Å². The Morgan fingerprint density at radius 3 is 3.00 bits per heavy atom. The average molecular weight is 280 g/mol. The maximum atomic E-state index is 11.9. The molecule has 0 aliphatic carbocycles. The molecule has 1 amide bonds. The molecule has 0 atom stereocenters. The first kappa shape index (κ1) is 14.6. The molecule has 0 fully saturated rings. The van der Waals surface area contributed by atoms with E-state index in [-0.39, 0.29) is 12.7 Å². The van der Waals surface area contributed by atoms with E-state index in [0.717, 1.165) is 17.1 Å². The SMILES string of the molecule is COCCNCC(=O)N(C)Cc1ccc2c(c1)OCO2. The van der Waals surface area contributed by atoms with Crippen molar-refractivity contribution < 1.29 is 19.0 Å². The zero-order valence-electron chi connectivity index (χ0n) is 11.8. The van der Waals surface area contributed by atoms with Crippen molar-refractivity contribution in [3.05, 3.63) is 23.8 Å². The van der Waals surface area contributed by atoms with Crippen molar-refractivity contribution in [2.75, 3.05) is 40.6 Å². The van der Waals surface area contributed by atoms with E-state index >= 15 is 0 Å². The summed E-state index contributed by atoms with van der Waals surface area (Å²) in [7, 11) is 3.42. The molecule has 110 valence electrons. The second-order valence-electron chi connectivity index (χ2n) is 4.61. The number of rotatable bonds is 7. The van der Waals surface area contributed by atoms with Crippen LogP contribution in [0.15, 0.2) is 18.2 Å². The van der Waals surface area contributed by atoms with Crippen LogP contribution in [0.5, 0.6) is 11.5 Å². The second-order valence-corrected chi connectivity index (χ2v) is 4.61. The van der Waals surface area contributed by atoms with Gasteiger partial charge in [0.25, 0.3) is 0 Å². The zero-order valence-corrected chi connectivity index (χ0v) is 11.8. The van der Waals surface area contributed by atoms with Crippen LogP contribution < -0.4 is 14.8 Å². The Labute approximate surface area is 118 Å². The molecule has 0 unspecified atom stereocenters. The van der Waals surface area contributed by atoms with Gasteiger partial charge >= 0.3 is 0 Å². The van der Waals surface area contributed by atoms with Crippen molar-refractivity contribution in [1.29, 1.82) is 0 Å². The monoisotopic (exact) mass is 280 g/mol. The van der Waals surface area contributed by atoms with Crippen molar-refractivity contribution in [3.63, 3.8) is 0 Å². The van der Waals surface area contributed by atoms with Gasteiger partial charge < -0.3 is 24.4 Å². The Morgan fingerprint density at radius 1 is 1.40 bits per heavy atom. The molecule has 1 aliphatic heterocycles. The van der Waals surface area contributed by atoms with E-state index in [9.17, 15) is 4.79 Å². The lowest BCUT2D eigenvalue weighted by molar-refractivity contribution is -0.129. The second kappa shape index (κ2) is 7.12. The van der Waals surface area contributed by atoms with Gasteiger partial charge in [-0.2, -0.15) is 0 Å². The standard InChI is InChI=1S/C14H20N2O4/c1-16(14(17)8-15-5-6-18-2)9-11-3-4-12-13(7-11)20-10-19-12/h3-4,7,15H,5-6,8-10H2,1-2H3.